The molecule has 0 aliphatic rings. The van der Waals surface area contributed by atoms with Gasteiger partial charge in [-0.15, -0.1) is 10.1 Å². The van der Waals surface area contributed by atoms with Gasteiger partial charge in [0.25, 0.3) is 5.09 Å². The van der Waals surface area contributed by atoms with Crippen LogP contribution >= 0.6 is 0 Å². The molecule has 0 unspecified atom stereocenters. The van der Waals surface area contributed by atoms with E-state index in [2.05, 4.69) is 0 Å². The van der Waals surface area contributed by atoms with Crippen LogP contribution in [0.4, 0.5) is 0 Å². The van der Waals surface area contributed by atoms with Gasteiger partial charge in [0, 0.05) is 31.1 Å². The first kappa shape index (κ1) is 49.7. The van der Waals surface area contributed by atoms with Crippen molar-refractivity contribution in [1.29, 1.82) is 0 Å². The summed E-state index contributed by atoms with van der Waals surface area (Å²) in [6.07, 6.45) is 0. The summed E-state index contributed by atoms with van der Waals surface area (Å²) in [6.45, 7) is 0. The summed E-state index contributed by atoms with van der Waals surface area (Å²) in [4.78, 5) is 57.9. The van der Waals surface area contributed by atoms with Gasteiger partial charge in [-0.05, 0) is 0 Å². The first-order valence-electron chi connectivity index (χ1n) is 3.85. The summed E-state index contributed by atoms with van der Waals surface area (Å²) in [7, 11) is 0. The van der Waals surface area contributed by atoms with Crippen molar-refractivity contribution >= 4 is 0 Å². The monoisotopic (exact) mass is 673 g/mol. The molecule has 0 saturated heterocycles. The van der Waals surface area contributed by atoms with Crippen LogP contribution in [0.5, 0.6) is 0 Å². The van der Waals surface area contributed by atoms with E-state index in [1.54, 1.807) is 0 Å². The molecular formula is HN7O21U-6. The Bertz CT molecular complexity index is 308. The minimum Gasteiger partial charge on any atom is -0.356 e. The molecule has 0 radical (unpaired) electrons. The summed E-state index contributed by atoms with van der Waals surface area (Å²) in [5.74, 6) is 0. The van der Waals surface area contributed by atoms with E-state index in [1.807, 2.05) is 0 Å². The Morgan fingerprint density at radius 1 is 0.345 bits per heavy atom. The fourth-order valence-corrected chi connectivity index (χ4v) is 0. The average Bonchev–Trinajstić information content (AvgIpc) is 2.20. The van der Waals surface area contributed by atoms with Crippen molar-refractivity contribution in [2.24, 2.45) is 0 Å². The zero-order chi connectivity index (χ0) is 25.0. The minimum absolute atomic E-state index is 0. The molecule has 0 saturated carbocycles. The smallest absolute Gasteiger partial charge is 0.291 e. The van der Waals surface area contributed by atoms with Gasteiger partial charge in [-0.2, -0.15) is 0 Å². The minimum atomic E-state index is -1.75. The summed E-state index contributed by atoms with van der Waals surface area (Å²) >= 11 is 0. The number of nitrogens with zero attached hydrogens (tertiary/aromatic N) is 7. The van der Waals surface area contributed by atoms with Crippen LogP contribution in [0.3, 0.4) is 0 Å². The molecule has 0 aliphatic heterocycles. The maximum atomic E-state index is 8.36. The van der Waals surface area contributed by atoms with Crippen molar-refractivity contribution in [3.05, 3.63) is 102 Å². The van der Waals surface area contributed by atoms with Gasteiger partial charge in [-0.1, -0.05) is 0 Å². The Kier molecular flexibility index (Phi) is 74.8. The molecule has 0 bridgehead atoms. The van der Waals surface area contributed by atoms with Crippen LogP contribution in [0.1, 0.15) is 0 Å². The van der Waals surface area contributed by atoms with Gasteiger partial charge in [0.05, 0.1) is 30.5 Å². The molecule has 0 atom stereocenters. The largest absolute Gasteiger partial charge is 0.356 e. The van der Waals surface area contributed by atoms with Crippen LogP contribution in [-0.4, -0.2) is 40.8 Å². The molecule has 0 aromatic heterocycles. The van der Waals surface area contributed by atoms with Gasteiger partial charge < -0.3 is 97.1 Å². The zero-order valence-corrected chi connectivity index (χ0v) is 16.4. The molecule has 28 nitrogen and oxygen atoms in total. The van der Waals surface area contributed by atoms with Gasteiger partial charge in [-0.3, -0.25) is 0 Å². The van der Waals surface area contributed by atoms with Crippen molar-refractivity contribution in [2.75, 3.05) is 0 Å². The van der Waals surface area contributed by atoms with E-state index < -0.39 is 35.6 Å². The molecule has 29 heteroatoms. The van der Waals surface area contributed by atoms with Crippen LogP contribution in [0, 0.1) is 133 Å². The van der Waals surface area contributed by atoms with E-state index in [4.69, 9.17) is 107 Å². The molecule has 0 aromatic rings. The molecule has 0 rings (SSSR count). The standard InChI is InChI=1S/HNO3.6NO3.U/c7*2-1(3)4;/h(H,2,3,4);;;;;;;/q;6*-1;. The Morgan fingerprint density at radius 3 is 0.345 bits per heavy atom. The van der Waals surface area contributed by atoms with E-state index >= 15 is 0 Å². The summed E-state index contributed by atoms with van der Waals surface area (Å²) < 4.78 is 0. The van der Waals surface area contributed by atoms with Crippen molar-refractivity contribution in [1.82, 2.24) is 0 Å². The summed E-state index contributed by atoms with van der Waals surface area (Å²) in [6, 6.07) is 0. The van der Waals surface area contributed by atoms with Crippen molar-refractivity contribution < 1.29 is 71.9 Å². The number of hydrogen-bond donors (Lipinski definition) is 1. The van der Waals surface area contributed by atoms with Gasteiger partial charge in [-0.25, -0.2) is 0 Å². The predicted molar refractivity (Wildman–Crippen MR) is 70.9 cm³/mol. The molecule has 0 heterocycles. The average molecular weight is 673 g/mol. The van der Waals surface area contributed by atoms with Crippen LogP contribution in [-0.2, 0) is 0 Å². The third-order valence-corrected chi connectivity index (χ3v) is 0. The second kappa shape index (κ2) is 43.7. The van der Waals surface area contributed by atoms with Crippen LogP contribution < -0.4 is 0 Å². The summed E-state index contributed by atoms with van der Waals surface area (Å²) in [5.41, 5.74) is 0. The SMILES string of the molecule is O=[N+]([O-])O.O=[N+]([O-])[O-].O=[N+]([O-])[O-].O=[N+]([O-])[O-].O=[N+]([O-])[O-].O=[N+]([O-])[O-].O=[N+]([O-])[O-].[U]. The van der Waals surface area contributed by atoms with Crippen LogP contribution in [0.15, 0.2) is 0 Å². The van der Waals surface area contributed by atoms with E-state index in [1.165, 1.54) is 0 Å². The normalized spacial score (nSPS) is 5.79. The van der Waals surface area contributed by atoms with Gasteiger partial charge >= 0.3 is 0 Å². The first-order chi connectivity index (χ1) is 12.1. The Labute approximate surface area is 174 Å². The van der Waals surface area contributed by atoms with Crippen molar-refractivity contribution in [2.45, 2.75) is 0 Å². The molecule has 172 valence electrons. The van der Waals surface area contributed by atoms with Gasteiger partial charge in [0.2, 0.25) is 0 Å². The Balaban J connectivity index is -0.0000000294. The quantitative estimate of drug-likeness (QED) is 0.219. The molecular weight excluding hydrogens is 672 g/mol. The molecule has 0 spiro atoms. The molecule has 0 aromatic carbocycles. The second-order valence-corrected chi connectivity index (χ2v) is 1.58. The van der Waals surface area contributed by atoms with Crippen molar-refractivity contribution in [3.63, 3.8) is 0 Å². The maximum Gasteiger partial charge on any atom is 0.291 e. The third kappa shape index (κ3) is 522. The number of rotatable bonds is 0. The predicted octanol–water partition coefficient (Wildman–Crippen LogP) is -1.78. The first-order valence-corrected chi connectivity index (χ1v) is 3.85. The fraction of sp³-hybridized carbons (Fsp3) is 0. The molecule has 29 heavy (non-hydrogen) atoms. The Hall–Kier alpha value is -4.55. The van der Waals surface area contributed by atoms with Crippen LogP contribution in [0.25, 0.3) is 0 Å². The van der Waals surface area contributed by atoms with Gasteiger partial charge in [0.1, 0.15) is 0 Å². The zero-order valence-electron chi connectivity index (χ0n) is 12.2. The Morgan fingerprint density at radius 2 is 0.345 bits per heavy atom. The molecule has 0 amide bonds. The molecule has 0 aliphatic carbocycles. The van der Waals surface area contributed by atoms with E-state index in [-0.39, 0.29) is 31.1 Å². The molecule has 0 fully saturated rings. The van der Waals surface area contributed by atoms with E-state index in [0.29, 0.717) is 0 Å². The number of hydrogen-bond acceptors (Lipinski definition) is 20. The molecule has 1 N–H and O–H groups in total. The second-order valence-electron chi connectivity index (χ2n) is 1.58. The topological polar surface area (TPSA) is 461 Å². The maximum absolute atomic E-state index is 8.36. The third-order valence-electron chi connectivity index (χ3n) is 0. The van der Waals surface area contributed by atoms with Crippen LogP contribution in [0.2, 0.25) is 0 Å². The van der Waals surface area contributed by atoms with Crippen molar-refractivity contribution in [3.8, 4) is 0 Å². The van der Waals surface area contributed by atoms with E-state index in [0.717, 1.165) is 0 Å². The summed E-state index contributed by atoms with van der Waals surface area (Å²) in [5, 5.41) is 102. The van der Waals surface area contributed by atoms with E-state index in [9.17, 15) is 0 Å². The fourth-order valence-electron chi connectivity index (χ4n) is 0. The van der Waals surface area contributed by atoms with Gasteiger partial charge in [0.15, 0.2) is 0 Å².